The second-order valence-corrected chi connectivity index (χ2v) is 4.98. The molecule has 0 radical (unpaired) electrons. The van der Waals surface area contributed by atoms with E-state index in [0.717, 1.165) is 6.42 Å². The normalized spacial score (nSPS) is 35.1. The molecular weight excluding hydrogens is 220 g/mol. The fourth-order valence-corrected chi connectivity index (χ4v) is 3.34. The van der Waals surface area contributed by atoms with Crippen LogP contribution in [0.25, 0.3) is 0 Å². The van der Waals surface area contributed by atoms with Gasteiger partial charge in [-0.1, -0.05) is 13.8 Å². The molecule has 1 saturated carbocycles. The lowest BCUT2D eigenvalue weighted by Gasteiger charge is -2.27. The molecule has 4 atom stereocenters. The summed E-state index contributed by atoms with van der Waals surface area (Å²) in [5.74, 6) is 0.381. The Balaban J connectivity index is 2.47. The maximum atomic E-state index is 11.8. The van der Waals surface area contributed by atoms with Gasteiger partial charge >= 0.3 is 11.9 Å². The van der Waals surface area contributed by atoms with Gasteiger partial charge in [-0.15, -0.1) is 0 Å². The molecule has 0 spiro atoms. The average molecular weight is 238 g/mol. The van der Waals surface area contributed by atoms with Gasteiger partial charge in [0.15, 0.2) is 0 Å². The van der Waals surface area contributed by atoms with Crippen LogP contribution < -0.4 is 0 Å². The Kier molecular flexibility index (Phi) is 2.98. The minimum Gasteiger partial charge on any atom is -0.466 e. The maximum absolute atomic E-state index is 11.8. The summed E-state index contributed by atoms with van der Waals surface area (Å²) in [5, 5.41) is 0. The molecule has 4 nitrogen and oxygen atoms in total. The molecule has 0 aromatic carbocycles. The number of carbonyl (C=O) groups excluding carboxylic acids is 2. The summed E-state index contributed by atoms with van der Waals surface area (Å²) in [7, 11) is 2.70. The lowest BCUT2D eigenvalue weighted by Crippen LogP contribution is -2.28. The van der Waals surface area contributed by atoms with Crippen LogP contribution in [0.5, 0.6) is 0 Å². The molecule has 4 unspecified atom stereocenters. The van der Waals surface area contributed by atoms with Crippen molar-refractivity contribution >= 4 is 11.9 Å². The Morgan fingerprint density at radius 2 is 1.29 bits per heavy atom. The van der Waals surface area contributed by atoms with Gasteiger partial charge in [0.25, 0.3) is 0 Å². The molecule has 2 aliphatic carbocycles. The van der Waals surface area contributed by atoms with Gasteiger partial charge in [-0.3, -0.25) is 0 Å². The van der Waals surface area contributed by atoms with Crippen LogP contribution in [0.4, 0.5) is 0 Å². The number of hydrogen-bond acceptors (Lipinski definition) is 4. The molecule has 0 aromatic heterocycles. The molecule has 94 valence electrons. The zero-order valence-corrected chi connectivity index (χ0v) is 10.6. The topological polar surface area (TPSA) is 52.6 Å². The largest absolute Gasteiger partial charge is 0.466 e. The van der Waals surface area contributed by atoms with Crippen molar-refractivity contribution in [3.8, 4) is 0 Å². The predicted octanol–water partition coefficient (Wildman–Crippen LogP) is 1.55. The summed E-state index contributed by atoms with van der Waals surface area (Å²) in [6.45, 7) is 4.26. The van der Waals surface area contributed by atoms with Gasteiger partial charge in [0.1, 0.15) is 0 Å². The third kappa shape index (κ3) is 1.58. The first-order valence-electron chi connectivity index (χ1n) is 5.93. The molecule has 17 heavy (non-hydrogen) atoms. The molecule has 1 fully saturated rings. The number of ether oxygens (including phenoxy) is 2. The third-order valence-corrected chi connectivity index (χ3v) is 4.45. The van der Waals surface area contributed by atoms with E-state index in [1.165, 1.54) is 14.2 Å². The Bertz CT molecular complexity index is 360. The van der Waals surface area contributed by atoms with Crippen LogP contribution in [0.2, 0.25) is 0 Å². The van der Waals surface area contributed by atoms with E-state index >= 15 is 0 Å². The molecule has 2 bridgehead atoms. The van der Waals surface area contributed by atoms with E-state index in [1.54, 1.807) is 0 Å². The molecule has 0 aromatic rings. The summed E-state index contributed by atoms with van der Waals surface area (Å²) in [5.41, 5.74) is 1.10. The van der Waals surface area contributed by atoms with Crippen molar-refractivity contribution in [3.63, 3.8) is 0 Å². The number of fused-ring (bicyclic) bond motifs is 2. The number of esters is 2. The van der Waals surface area contributed by atoms with Gasteiger partial charge in [-0.05, 0) is 30.1 Å². The number of carbonyl (C=O) groups is 2. The Morgan fingerprint density at radius 1 is 0.941 bits per heavy atom. The van der Waals surface area contributed by atoms with Crippen molar-refractivity contribution in [2.75, 3.05) is 14.2 Å². The zero-order chi connectivity index (χ0) is 12.7. The standard InChI is InChI=1S/C13H18O4/c1-6-7(2)9-5-8(6)10(12(14)16-3)11(9)13(15)17-4/h6-9H,5H2,1-4H3. The van der Waals surface area contributed by atoms with Crippen molar-refractivity contribution in [1.29, 1.82) is 0 Å². The van der Waals surface area contributed by atoms with Crippen LogP contribution in [0, 0.1) is 23.7 Å². The van der Waals surface area contributed by atoms with Gasteiger partial charge in [-0.25, -0.2) is 9.59 Å². The van der Waals surface area contributed by atoms with E-state index in [-0.39, 0.29) is 23.8 Å². The van der Waals surface area contributed by atoms with Crippen LogP contribution >= 0.6 is 0 Å². The van der Waals surface area contributed by atoms with Crippen molar-refractivity contribution in [2.24, 2.45) is 23.7 Å². The minimum atomic E-state index is -0.378. The quantitative estimate of drug-likeness (QED) is 0.685. The van der Waals surface area contributed by atoms with Gasteiger partial charge in [0.2, 0.25) is 0 Å². The first kappa shape index (κ1) is 12.1. The van der Waals surface area contributed by atoms with Crippen LogP contribution in [0.1, 0.15) is 20.3 Å². The van der Waals surface area contributed by atoms with E-state index in [9.17, 15) is 9.59 Å². The smallest absolute Gasteiger partial charge is 0.334 e. The van der Waals surface area contributed by atoms with E-state index in [0.29, 0.717) is 23.0 Å². The molecule has 0 amide bonds. The zero-order valence-electron chi connectivity index (χ0n) is 10.6. The lowest BCUT2D eigenvalue weighted by molar-refractivity contribution is -0.140. The monoisotopic (exact) mass is 238 g/mol. The van der Waals surface area contributed by atoms with Crippen molar-refractivity contribution in [1.82, 2.24) is 0 Å². The highest BCUT2D eigenvalue weighted by Crippen LogP contribution is 2.55. The summed E-state index contributed by atoms with van der Waals surface area (Å²) >= 11 is 0. The second kappa shape index (κ2) is 4.17. The van der Waals surface area contributed by atoms with E-state index in [2.05, 4.69) is 13.8 Å². The second-order valence-electron chi connectivity index (χ2n) is 4.98. The van der Waals surface area contributed by atoms with Gasteiger partial charge in [0.05, 0.1) is 25.4 Å². The summed E-state index contributed by atoms with van der Waals surface area (Å²) in [4.78, 5) is 23.6. The molecule has 2 aliphatic rings. The van der Waals surface area contributed by atoms with Crippen molar-refractivity contribution < 1.29 is 19.1 Å². The third-order valence-electron chi connectivity index (χ3n) is 4.45. The van der Waals surface area contributed by atoms with Crippen LogP contribution in [-0.2, 0) is 19.1 Å². The first-order chi connectivity index (χ1) is 8.02. The SMILES string of the molecule is COC(=O)C1=C(C(=O)OC)C2CC1C(C)C2C. The highest BCUT2D eigenvalue weighted by Gasteiger charge is 2.53. The van der Waals surface area contributed by atoms with E-state index in [4.69, 9.17) is 9.47 Å². The summed E-state index contributed by atoms with van der Waals surface area (Å²) in [6, 6.07) is 0. The Hall–Kier alpha value is -1.32. The molecule has 0 N–H and O–H groups in total. The van der Waals surface area contributed by atoms with Crippen LogP contribution in [-0.4, -0.2) is 26.2 Å². The van der Waals surface area contributed by atoms with E-state index < -0.39 is 0 Å². The van der Waals surface area contributed by atoms with Gasteiger partial charge in [-0.2, -0.15) is 0 Å². The fraction of sp³-hybridized carbons (Fsp3) is 0.692. The maximum Gasteiger partial charge on any atom is 0.334 e. The molecule has 4 heteroatoms. The Labute approximate surface area is 101 Å². The molecule has 0 saturated heterocycles. The predicted molar refractivity (Wildman–Crippen MR) is 61.0 cm³/mol. The van der Waals surface area contributed by atoms with Gasteiger partial charge < -0.3 is 9.47 Å². The highest BCUT2D eigenvalue weighted by molar-refractivity contribution is 6.02. The summed E-state index contributed by atoms with van der Waals surface area (Å²) in [6.07, 6.45) is 0.872. The van der Waals surface area contributed by atoms with Crippen molar-refractivity contribution in [2.45, 2.75) is 20.3 Å². The number of rotatable bonds is 2. The lowest BCUT2D eigenvalue weighted by atomic mass is 9.77. The van der Waals surface area contributed by atoms with Crippen molar-refractivity contribution in [3.05, 3.63) is 11.1 Å². The van der Waals surface area contributed by atoms with Crippen LogP contribution in [0.15, 0.2) is 11.1 Å². The fourth-order valence-electron chi connectivity index (χ4n) is 3.34. The van der Waals surface area contributed by atoms with E-state index in [1.807, 2.05) is 0 Å². The molecular formula is C13H18O4. The molecule has 0 heterocycles. The minimum absolute atomic E-state index is 0.150. The molecule has 2 rings (SSSR count). The Morgan fingerprint density at radius 3 is 1.59 bits per heavy atom. The number of methoxy groups -OCH3 is 2. The highest BCUT2D eigenvalue weighted by atomic mass is 16.5. The molecule has 0 aliphatic heterocycles. The first-order valence-corrected chi connectivity index (χ1v) is 5.93. The van der Waals surface area contributed by atoms with Gasteiger partial charge in [0, 0.05) is 0 Å². The summed E-state index contributed by atoms with van der Waals surface area (Å²) < 4.78 is 9.58. The average Bonchev–Trinajstić information content (AvgIpc) is 2.85. The van der Waals surface area contributed by atoms with Crippen LogP contribution in [0.3, 0.4) is 0 Å². The number of hydrogen-bond donors (Lipinski definition) is 0.